The highest BCUT2D eigenvalue weighted by molar-refractivity contribution is 5.91. The van der Waals surface area contributed by atoms with Crippen LogP contribution in [0.25, 0.3) is 6.08 Å². The Balaban J connectivity index is 1.86. The topological polar surface area (TPSA) is 49.3 Å². The minimum atomic E-state index is -0.0610. The molecule has 0 aliphatic carbocycles. The molecule has 0 unspecified atom stereocenters. The number of phenolic OH excluding ortho intramolecular Hbond substituents is 1. The zero-order chi connectivity index (χ0) is 21.7. The summed E-state index contributed by atoms with van der Waals surface area (Å²) in [6.07, 6.45) is 26.2. The number of allylic oxidation sites excluding steroid dienone is 2. The zero-order valence-corrected chi connectivity index (χ0v) is 19.1. The van der Waals surface area contributed by atoms with Crippen LogP contribution in [0.4, 0.5) is 0 Å². The molecule has 0 fully saturated rings. The first-order valence-electron chi connectivity index (χ1n) is 12.1. The lowest BCUT2D eigenvalue weighted by Gasteiger charge is -2.02. The van der Waals surface area contributed by atoms with E-state index < -0.39 is 0 Å². The average Bonchev–Trinajstić information content (AvgIpc) is 2.75. The number of carbonyl (C=O) groups is 1. The van der Waals surface area contributed by atoms with Gasteiger partial charge in [-0.15, -0.1) is 0 Å². The van der Waals surface area contributed by atoms with Crippen molar-refractivity contribution in [1.29, 1.82) is 0 Å². The molecule has 3 heteroatoms. The highest BCUT2D eigenvalue weighted by atomic mass is 16.3. The summed E-state index contributed by atoms with van der Waals surface area (Å²) < 4.78 is 0. The predicted molar refractivity (Wildman–Crippen MR) is 130 cm³/mol. The van der Waals surface area contributed by atoms with E-state index in [0.29, 0.717) is 0 Å². The van der Waals surface area contributed by atoms with Crippen molar-refractivity contribution in [2.75, 3.05) is 6.54 Å². The van der Waals surface area contributed by atoms with Crippen LogP contribution in [0.1, 0.15) is 102 Å². The second kappa shape index (κ2) is 19.0. The van der Waals surface area contributed by atoms with E-state index in [-0.39, 0.29) is 11.7 Å². The summed E-state index contributed by atoms with van der Waals surface area (Å²) in [6, 6.07) is 6.79. The van der Waals surface area contributed by atoms with Crippen molar-refractivity contribution in [2.24, 2.45) is 0 Å². The molecule has 0 heterocycles. The number of nitrogens with one attached hydrogen (secondary N) is 1. The molecular formula is C27H43NO2. The summed E-state index contributed by atoms with van der Waals surface area (Å²) in [7, 11) is 0. The maximum absolute atomic E-state index is 11.8. The number of carbonyl (C=O) groups excluding carboxylic acids is 1. The molecule has 0 aliphatic rings. The number of hydrogen-bond donors (Lipinski definition) is 2. The Hall–Kier alpha value is -2.03. The van der Waals surface area contributed by atoms with Gasteiger partial charge in [0.05, 0.1) is 0 Å². The summed E-state index contributed by atoms with van der Waals surface area (Å²) in [6.45, 7) is 3.00. The molecule has 1 aromatic rings. The van der Waals surface area contributed by atoms with Gasteiger partial charge in [0.1, 0.15) is 5.75 Å². The van der Waals surface area contributed by atoms with Gasteiger partial charge >= 0.3 is 0 Å². The van der Waals surface area contributed by atoms with Crippen molar-refractivity contribution >= 4 is 12.0 Å². The fraction of sp³-hybridized carbons (Fsp3) is 0.593. The second-order valence-electron chi connectivity index (χ2n) is 8.15. The van der Waals surface area contributed by atoms with Crippen LogP contribution in [0, 0.1) is 0 Å². The highest BCUT2D eigenvalue weighted by Crippen LogP contribution is 2.11. The summed E-state index contributed by atoms with van der Waals surface area (Å²) >= 11 is 0. The molecule has 0 bridgehead atoms. The molecule has 0 atom stereocenters. The maximum atomic E-state index is 11.8. The lowest BCUT2D eigenvalue weighted by molar-refractivity contribution is -0.116. The van der Waals surface area contributed by atoms with E-state index in [1.54, 1.807) is 36.4 Å². The van der Waals surface area contributed by atoms with Gasteiger partial charge in [0, 0.05) is 12.6 Å². The van der Waals surface area contributed by atoms with E-state index in [4.69, 9.17) is 0 Å². The molecule has 0 aliphatic heterocycles. The molecule has 1 aromatic carbocycles. The number of rotatable bonds is 18. The number of aromatic hydroxyl groups is 1. The van der Waals surface area contributed by atoms with E-state index in [0.717, 1.165) is 18.5 Å². The van der Waals surface area contributed by atoms with Crippen molar-refractivity contribution in [2.45, 2.75) is 96.8 Å². The predicted octanol–water partition coefficient (Wildman–Crippen LogP) is 7.56. The standard InChI is InChI=1S/C27H43NO2/c1-2-3-4-5-6-7-8-9-10-11-12-13-14-15-16-17-24-28-27(30)23-20-25-18-21-26(29)22-19-25/h10-11,18-23,29H,2-9,12-17,24H2,1H3,(H,28,30)/b11-10+,23-20+. The minimum absolute atomic E-state index is 0.0610. The van der Waals surface area contributed by atoms with Gasteiger partial charge < -0.3 is 10.4 Å². The summed E-state index contributed by atoms with van der Waals surface area (Å²) in [4.78, 5) is 11.8. The van der Waals surface area contributed by atoms with Crippen LogP contribution in [0.5, 0.6) is 5.75 Å². The number of benzene rings is 1. The van der Waals surface area contributed by atoms with Crippen LogP contribution in [0.2, 0.25) is 0 Å². The van der Waals surface area contributed by atoms with Crippen LogP contribution in [-0.2, 0) is 4.79 Å². The largest absolute Gasteiger partial charge is 0.508 e. The molecule has 1 rings (SSSR count). The summed E-state index contributed by atoms with van der Waals surface area (Å²) in [5, 5.41) is 12.2. The van der Waals surface area contributed by atoms with Gasteiger partial charge in [-0.3, -0.25) is 4.79 Å². The number of phenols is 1. The van der Waals surface area contributed by atoms with Crippen molar-refractivity contribution in [3.8, 4) is 5.75 Å². The Morgan fingerprint density at radius 2 is 1.33 bits per heavy atom. The van der Waals surface area contributed by atoms with Gasteiger partial charge in [0.15, 0.2) is 0 Å². The molecule has 168 valence electrons. The third-order valence-electron chi connectivity index (χ3n) is 5.31. The van der Waals surface area contributed by atoms with Crippen LogP contribution >= 0.6 is 0 Å². The molecule has 0 saturated carbocycles. The summed E-state index contributed by atoms with van der Waals surface area (Å²) in [5.41, 5.74) is 0.902. The quantitative estimate of drug-likeness (QED) is 0.148. The van der Waals surface area contributed by atoms with Crippen LogP contribution in [0.3, 0.4) is 0 Å². The molecule has 0 aromatic heterocycles. The van der Waals surface area contributed by atoms with Gasteiger partial charge in [0.2, 0.25) is 5.91 Å². The molecule has 2 N–H and O–H groups in total. The third kappa shape index (κ3) is 15.8. The van der Waals surface area contributed by atoms with Gasteiger partial charge in [-0.25, -0.2) is 0 Å². The number of unbranched alkanes of at least 4 members (excludes halogenated alkanes) is 12. The van der Waals surface area contributed by atoms with Crippen molar-refractivity contribution < 1.29 is 9.90 Å². The van der Waals surface area contributed by atoms with E-state index in [1.807, 2.05) is 0 Å². The fourth-order valence-corrected chi connectivity index (χ4v) is 3.40. The highest BCUT2D eigenvalue weighted by Gasteiger charge is 1.96. The number of hydrogen-bond acceptors (Lipinski definition) is 2. The van der Waals surface area contributed by atoms with Crippen LogP contribution in [-0.4, -0.2) is 17.6 Å². The SMILES string of the molecule is CCCCCCCCC/C=C/CCCCCCCNC(=O)/C=C/c1ccc(O)cc1. The average molecular weight is 414 g/mol. The Morgan fingerprint density at radius 1 is 0.800 bits per heavy atom. The maximum Gasteiger partial charge on any atom is 0.243 e. The molecule has 1 amide bonds. The van der Waals surface area contributed by atoms with E-state index in [9.17, 15) is 9.90 Å². The van der Waals surface area contributed by atoms with Gasteiger partial charge in [0.25, 0.3) is 0 Å². The molecule has 0 saturated heterocycles. The second-order valence-corrected chi connectivity index (χ2v) is 8.15. The van der Waals surface area contributed by atoms with Gasteiger partial charge in [-0.1, -0.05) is 89.0 Å². The zero-order valence-electron chi connectivity index (χ0n) is 19.1. The van der Waals surface area contributed by atoms with Crippen molar-refractivity contribution in [1.82, 2.24) is 5.32 Å². The Bertz CT molecular complexity index is 589. The van der Waals surface area contributed by atoms with Crippen molar-refractivity contribution in [3.63, 3.8) is 0 Å². The lowest BCUT2D eigenvalue weighted by atomic mass is 10.1. The molecule has 0 spiro atoms. The minimum Gasteiger partial charge on any atom is -0.508 e. The lowest BCUT2D eigenvalue weighted by Crippen LogP contribution is -2.21. The normalized spacial score (nSPS) is 11.5. The monoisotopic (exact) mass is 413 g/mol. The Labute approximate surface area is 184 Å². The molecule has 30 heavy (non-hydrogen) atoms. The van der Waals surface area contributed by atoms with Crippen LogP contribution < -0.4 is 5.32 Å². The smallest absolute Gasteiger partial charge is 0.243 e. The molecule has 3 nitrogen and oxygen atoms in total. The van der Waals surface area contributed by atoms with Gasteiger partial charge in [-0.2, -0.15) is 0 Å². The van der Waals surface area contributed by atoms with E-state index in [1.165, 1.54) is 83.5 Å². The third-order valence-corrected chi connectivity index (χ3v) is 5.31. The number of amides is 1. The Kier molecular flexibility index (Phi) is 16.4. The molecule has 0 radical (unpaired) electrons. The van der Waals surface area contributed by atoms with E-state index >= 15 is 0 Å². The van der Waals surface area contributed by atoms with Gasteiger partial charge in [-0.05, 0) is 55.9 Å². The fourth-order valence-electron chi connectivity index (χ4n) is 3.40. The molecular weight excluding hydrogens is 370 g/mol. The van der Waals surface area contributed by atoms with Crippen LogP contribution in [0.15, 0.2) is 42.5 Å². The van der Waals surface area contributed by atoms with Crippen molar-refractivity contribution in [3.05, 3.63) is 48.1 Å². The summed E-state index contributed by atoms with van der Waals surface area (Å²) in [5.74, 6) is 0.172. The first-order valence-corrected chi connectivity index (χ1v) is 12.1. The van der Waals surface area contributed by atoms with E-state index in [2.05, 4.69) is 24.4 Å². The first-order chi connectivity index (χ1) is 14.7. The Morgan fingerprint density at radius 3 is 1.93 bits per heavy atom. The first kappa shape index (κ1) is 26.0.